The van der Waals surface area contributed by atoms with Crippen LogP contribution in [0.3, 0.4) is 0 Å². The number of likely N-dealkylation sites (N-methyl/N-ethyl adjacent to an activating group) is 1. The Morgan fingerprint density at radius 1 is 0.831 bits per heavy atom. The Kier molecular flexibility index (Phi) is 23.3. The number of anilines is 2. The fraction of sp³-hybridized carbons (Fsp3) is 0.500. The Balaban J connectivity index is 0.723. The molecule has 0 spiro atoms. The number of phenolic OH excluding ortho intramolecular Hbond substituents is 1. The molecule has 2 saturated heterocycles. The average Bonchev–Trinajstić information content (AvgIpc) is 1.41. The third kappa shape index (κ3) is 18.3. The van der Waals surface area contributed by atoms with E-state index in [4.69, 9.17) is 40.3 Å². The third-order valence-electron chi connectivity index (χ3n) is 15.2. The van der Waals surface area contributed by atoms with Gasteiger partial charge in [-0.3, -0.25) is 24.5 Å². The van der Waals surface area contributed by atoms with Gasteiger partial charge in [0.05, 0.1) is 79.5 Å². The smallest absolute Gasteiger partial charge is 0.410 e. The highest BCUT2D eigenvalue weighted by molar-refractivity contribution is 7.13. The van der Waals surface area contributed by atoms with Gasteiger partial charge in [0, 0.05) is 69.6 Å². The number of hydrogen-bond donors (Lipinski definition) is 5. The molecule has 6 aromatic rings. The average molecular weight is 1270 g/mol. The first kappa shape index (κ1) is 67.8. The summed E-state index contributed by atoms with van der Waals surface area (Å²) in [5.41, 5.74) is 3.57. The number of β-amino-alcohol motifs (C(OH)–C–C–N with tert-alkyl or cyclic N) is 1. The number of hydrogen-bond acceptors (Lipinski definition) is 18. The number of nitrogens with zero attached hydrogens (tertiary/aromatic N) is 7. The Labute approximate surface area is 527 Å². The molecule has 4 aromatic carbocycles. The monoisotopic (exact) mass is 1270 g/mol. The fourth-order valence-electron chi connectivity index (χ4n) is 10.5. The van der Waals surface area contributed by atoms with Crippen molar-refractivity contribution in [2.45, 2.75) is 98.1 Å². The van der Waals surface area contributed by atoms with Crippen molar-refractivity contribution >= 4 is 86.1 Å². The maximum atomic E-state index is 17.1. The van der Waals surface area contributed by atoms with E-state index < -0.39 is 64.7 Å². The number of thiazole rings is 1. The number of carbonyl (C=O) groups is 5. The molecule has 4 atom stereocenters. The number of aliphatic hydroxyl groups excluding tert-OH is 1. The summed E-state index contributed by atoms with van der Waals surface area (Å²) in [4.78, 5) is 88.7. The molecule has 2 aromatic heterocycles. The van der Waals surface area contributed by atoms with Gasteiger partial charge in [-0.2, -0.15) is 4.98 Å². The minimum Gasteiger partial charge on any atom is -0.508 e. The molecular formula is C64H82ClFN10O12S. The Morgan fingerprint density at radius 3 is 2.15 bits per heavy atom. The van der Waals surface area contributed by atoms with Crippen molar-refractivity contribution in [2.24, 2.45) is 5.41 Å². The van der Waals surface area contributed by atoms with Crippen LogP contribution in [0.2, 0.25) is 5.02 Å². The van der Waals surface area contributed by atoms with Crippen LogP contribution < -0.4 is 20.9 Å². The molecule has 0 bridgehead atoms. The lowest BCUT2D eigenvalue weighted by Crippen LogP contribution is -2.58. The number of amides is 5. The van der Waals surface area contributed by atoms with Crippen molar-refractivity contribution in [3.63, 3.8) is 0 Å². The summed E-state index contributed by atoms with van der Waals surface area (Å²) in [6, 6.07) is 17.4. The number of phenols is 1. The molecule has 0 saturated carbocycles. The number of nitrogens with one attached hydrogen (secondary N) is 3. The maximum Gasteiger partial charge on any atom is 0.410 e. The Bertz CT molecular complexity index is 3450. The van der Waals surface area contributed by atoms with Crippen molar-refractivity contribution < 1.29 is 62.3 Å². The van der Waals surface area contributed by atoms with Gasteiger partial charge >= 0.3 is 6.09 Å². The Morgan fingerprint density at radius 2 is 1.49 bits per heavy atom. The van der Waals surface area contributed by atoms with Gasteiger partial charge in [0.15, 0.2) is 5.82 Å². The SMILES string of the molecule is Cc1ncsc1-c1ccc([C@H](C)NC(=O)[C@@H]2C[C@@H](O)CN2C(=O)[C@@H](NC(=O)COCCOCCOCCOCCN(C)CCC(=O)Nc2nc(N3CCN(C(=O)OC(C)(C)C)CC3)c3cc(Cl)c(-c4cc(O)cc5ccccc45)c(F)c3n2)C(C)(C)C)cc1. The summed E-state index contributed by atoms with van der Waals surface area (Å²) in [6.07, 6.45) is -1.22. The molecule has 22 nitrogen and oxygen atoms in total. The van der Waals surface area contributed by atoms with E-state index in [1.807, 2.05) is 100.0 Å². The third-order valence-corrected chi connectivity index (χ3v) is 16.5. The van der Waals surface area contributed by atoms with Crippen molar-refractivity contribution in [2.75, 3.05) is 116 Å². The first-order chi connectivity index (χ1) is 42.3. The number of aromatic hydroxyl groups is 1. The highest BCUT2D eigenvalue weighted by Gasteiger charge is 2.45. The van der Waals surface area contributed by atoms with E-state index in [9.17, 15) is 34.2 Å². The van der Waals surface area contributed by atoms with Crippen LogP contribution >= 0.6 is 22.9 Å². The zero-order valence-corrected chi connectivity index (χ0v) is 53.6. The Hall–Kier alpha value is -7.16. The zero-order chi connectivity index (χ0) is 64.2. The number of rotatable bonds is 26. The van der Waals surface area contributed by atoms with Crippen LogP contribution in [0, 0.1) is 18.2 Å². The van der Waals surface area contributed by atoms with Crippen LogP contribution in [0.5, 0.6) is 5.75 Å². The lowest BCUT2D eigenvalue weighted by molar-refractivity contribution is -0.144. The number of likely N-dealkylation sites (tertiary alicyclic amines) is 1. The summed E-state index contributed by atoms with van der Waals surface area (Å²) >= 11 is 8.47. The van der Waals surface area contributed by atoms with E-state index >= 15 is 4.39 Å². The highest BCUT2D eigenvalue weighted by Crippen LogP contribution is 2.43. The number of aromatic nitrogens is 3. The van der Waals surface area contributed by atoms with Gasteiger partial charge in [-0.05, 0) is 92.7 Å². The van der Waals surface area contributed by atoms with Gasteiger partial charge in [0.1, 0.15) is 41.4 Å². The largest absolute Gasteiger partial charge is 0.508 e. The lowest BCUT2D eigenvalue weighted by Gasteiger charge is -2.36. The molecular weight excluding hydrogens is 1190 g/mol. The lowest BCUT2D eigenvalue weighted by atomic mass is 9.85. The maximum absolute atomic E-state index is 17.1. The molecule has 2 aliphatic rings. The number of aryl methyl sites for hydroxylation is 1. The summed E-state index contributed by atoms with van der Waals surface area (Å²) < 4.78 is 45.3. The molecule has 25 heteroatoms. The molecule has 5 amide bonds. The van der Waals surface area contributed by atoms with E-state index in [1.165, 1.54) is 11.0 Å². The number of benzene rings is 4. The number of ether oxygens (including phenoxy) is 5. The second-order valence-corrected chi connectivity index (χ2v) is 25.6. The van der Waals surface area contributed by atoms with Gasteiger partial charge < -0.3 is 64.1 Å². The second kappa shape index (κ2) is 30.6. The van der Waals surface area contributed by atoms with Crippen molar-refractivity contribution in [1.82, 2.24) is 40.3 Å². The molecule has 480 valence electrons. The van der Waals surface area contributed by atoms with Crippen LogP contribution in [-0.2, 0) is 42.9 Å². The van der Waals surface area contributed by atoms with E-state index in [-0.39, 0.29) is 79.7 Å². The van der Waals surface area contributed by atoms with E-state index in [0.29, 0.717) is 93.2 Å². The number of piperazine rings is 1. The molecule has 89 heavy (non-hydrogen) atoms. The predicted octanol–water partition coefficient (Wildman–Crippen LogP) is 8.13. The zero-order valence-electron chi connectivity index (χ0n) is 52.0. The molecule has 4 heterocycles. The van der Waals surface area contributed by atoms with Gasteiger partial charge in [0.2, 0.25) is 29.6 Å². The topological polar surface area (TPSA) is 260 Å². The first-order valence-corrected chi connectivity index (χ1v) is 31.1. The summed E-state index contributed by atoms with van der Waals surface area (Å²) in [5, 5.41) is 31.6. The van der Waals surface area contributed by atoms with Gasteiger partial charge in [-0.1, -0.05) is 80.9 Å². The molecule has 0 radical (unpaired) electrons. The summed E-state index contributed by atoms with van der Waals surface area (Å²) in [7, 11) is 1.85. The van der Waals surface area contributed by atoms with Crippen LogP contribution in [0.15, 0.2) is 72.2 Å². The normalized spacial score (nSPS) is 16.3. The van der Waals surface area contributed by atoms with Crippen molar-refractivity contribution in [1.29, 1.82) is 0 Å². The standard InChI is InChI=1S/C64H82ClFN10O12S/c1-39(41-14-16-42(17-15-41)56-40(2)67-38-89-56)68-59(81)50-34-45(78)36-76(50)60(82)57(63(3,4)5)69-52(80)37-87-31-30-86-29-28-85-27-26-84-25-24-73(9)19-18-51(79)70-61-71-55-48(58(72-61)74-20-22-75(23-21-74)62(83)88-64(6,7)8)35-49(65)53(54(55)66)47-33-44(77)32-43-12-10-11-13-46(43)47/h10-17,32-33,35,38-39,45,50,57,77-78H,18-31,34,36-37H2,1-9H3,(H,68,81)(H,69,80)(H,70,71,72,79)/t39-,45+,50-,57+/m0/s1. The van der Waals surface area contributed by atoms with E-state index in [1.54, 1.807) is 54.7 Å². The van der Waals surface area contributed by atoms with Crippen LogP contribution in [0.25, 0.3) is 43.2 Å². The molecule has 5 N–H and O–H groups in total. The fourth-order valence-corrected chi connectivity index (χ4v) is 11.6. The predicted molar refractivity (Wildman–Crippen MR) is 340 cm³/mol. The molecule has 2 aliphatic heterocycles. The van der Waals surface area contributed by atoms with Crippen molar-refractivity contribution in [3.05, 3.63) is 94.3 Å². The van der Waals surface area contributed by atoms with Gasteiger partial charge in [-0.15, -0.1) is 11.3 Å². The summed E-state index contributed by atoms with van der Waals surface area (Å²) in [5.74, 6) is -2.39. The second-order valence-electron chi connectivity index (χ2n) is 24.4. The minimum atomic E-state index is -1.01. The van der Waals surface area contributed by atoms with E-state index in [2.05, 4.69) is 25.9 Å². The van der Waals surface area contributed by atoms with E-state index in [0.717, 1.165) is 21.7 Å². The van der Waals surface area contributed by atoms with Gasteiger partial charge in [0.25, 0.3) is 0 Å². The molecule has 8 rings (SSSR count). The summed E-state index contributed by atoms with van der Waals surface area (Å²) in [6.45, 7) is 18.3. The number of halogens is 2. The molecule has 2 fully saturated rings. The highest BCUT2D eigenvalue weighted by atomic mass is 35.5. The molecule has 0 aliphatic carbocycles. The quantitative estimate of drug-likeness (QED) is 0.0321. The first-order valence-electron chi connectivity index (χ1n) is 29.9. The molecule has 0 unspecified atom stereocenters. The van der Waals surface area contributed by atoms with Crippen LogP contribution in [0.4, 0.5) is 21.0 Å². The number of aliphatic hydroxyl groups is 1. The minimum absolute atomic E-state index is 0.0318. The van der Waals surface area contributed by atoms with Gasteiger partial charge in [-0.25, -0.2) is 19.2 Å². The van der Waals surface area contributed by atoms with Crippen LogP contribution in [-0.4, -0.2) is 199 Å². The number of fused-ring (bicyclic) bond motifs is 2. The van der Waals surface area contributed by atoms with Crippen molar-refractivity contribution in [3.8, 4) is 27.3 Å². The number of carbonyl (C=O) groups excluding carboxylic acids is 5. The van der Waals surface area contributed by atoms with Crippen LogP contribution in [0.1, 0.15) is 78.6 Å².